The topological polar surface area (TPSA) is 26.3 Å². The third-order valence-electron chi connectivity index (χ3n) is 6.16. The van der Waals surface area contributed by atoms with Gasteiger partial charge in [-0.2, -0.15) is 0 Å². The molecule has 0 radical (unpaired) electrons. The van der Waals surface area contributed by atoms with Crippen LogP contribution in [-0.4, -0.2) is 12.6 Å². The fourth-order valence-corrected chi connectivity index (χ4v) is 4.12. The van der Waals surface area contributed by atoms with Crippen molar-refractivity contribution in [2.75, 3.05) is 6.61 Å². The Morgan fingerprint density at radius 3 is 1.07 bits per heavy atom. The van der Waals surface area contributed by atoms with Crippen LogP contribution >= 0.6 is 0 Å². The quantitative estimate of drug-likeness (QED) is 0.0831. The van der Waals surface area contributed by atoms with Crippen molar-refractivity contribution in [3.8, 4) is 0 Å². The molecule has 30 heavy (non-hydrogen) atoms. The van der Waals surface area contributed by atoms with Gasteiger partial charge in [-0.25, -0.2) is 4.79 Å². The van der Waals surface area contributed by atoms with Gasteiger partial charge >= 0.3 is 5.97 Å². The summed E-state index contributed by atoms with van der Waals surface area (Å²) >= 11 is 0. The van der Waals surface area contributed by atoms with E-state index in [9.17, 15) is 4.79 Å². The lowest BCUT2D eigenvalue weighted by atomic mass is 10.0. The first-order valence-corrected chi connectivity index (χ1v) is 13.6. The van der Waals surface area contributed by atoms with Gasteiger partial charge in [0.1, 0.15) is 0 Å². The second-order valence-corrected chi connectivity index (χ2v) is 9.15. The Morgan fingerprint density at radius 2 is 0.800 bits per heavy atom. The van der Waals surface area contributed by atoms with Gasteiger partial charge in [-0.1, -0.05) is 155 Å². The minimum Gasteiger partial charge on any atom is -0.463 e. The molecular weight excluding hydrogens is 368 g/mol. The first-order chi connectivity index (χ1) is 14.8. The van der Waals surface area contributed by atoms with E-state index in [0.717, 1.165) is 6.42 Å². The normalized spacial score (nSPS) is 11.0. The van der Waals surface area contributed by atoms with Crippen molar-refractivity contribution in [1.82, 2.24) is 0 Å². The molecule has 0 spiro atoms. The Morgan fingerprint density at radius 1 is 0.533 bits per heavy atom. The molecule has 0 unspecified atom stereocenters. The van der Waals surface area contributed by atoms with Crippen molar-refractivity contribution >= 4 is 5.97 Å². The standard InChI is InChI=1S/C28H54O2/c1-3-5-6-7-8-9-10-11-12-13-14-15-16-17-18-19-20-21-22-23-24-25-26-27-30-28(29)4-2/h4H,2-3,5-27H2,1H3. The molecule has 0 saturated carbocycles. The molecule has 0 atom stereocenters. The zero-order valence-electron chi connectivity index (χ0n) is 20.6. The zero-order chi connectivity index (χ0) is 22.0. The first-order valence-electron chi connectivity index (χ1n) is 13.6. The van der Waals surface area contributed by atoms with Crippen LogP contribution in [0.2, 0.25) is 0 Å². The Labute approximate surface area is 189 Å². The van der Waals surface area contributed by atoms with E-state index in [1.807, 2.05) is 0 Å². The molecule has 2 nitrogen and oxygen atoms in total. The van der Waals surface area contributed by atoms with E-state index in [1.165, 1.54) is 147 Å². The van der Waals surface area contributed by atoms with E-state index in [0.29, 0.717) is 6.61 Å². The molecule has 178 valence electrons. The lowest BCUT2D eigenvalue weighted by Gasteiger charge is -2.04. The number of ether oxygens (including phenoxy) is 1. The summed E-state index contributed by atoms with van der Waals surface area (Å²) in [5, 5.41) is 0. The fraction of sp³-hybridized carbons (Fsp3) is 0.893. The summed E-state index contributed by atoms with van der Waals surface area (Å²) in [5.74, 6) is -0.297. The lowest BCUT2D eigenvalue weighted by molar-refractivity contribution is -0.137. The van der Waals surface area contributed by atoms with E-state index in [4.69, 9.17) is 4.74 Å². The average Bonchev–Trinajstić information content (AvgIpc) is 2.76. The summed E-state index contributed by atoms with van der Waals surface area (Å²) in [6.07, 6.45) is 33.4. The minimum atomic E-state index is -0.297. The second kappa shape index (κ2) is 26.2. The van der Waals surface area contributed by atoms with Crippen molar-refractivity contribution in [1.29, 1.82) is 0 Å². The van der Waals surface area contributed by atoms with Gasteiger partial charge in [0.2, 0.25) is 0 Å². The van der Waals surface area contributed by atoms with Gasteiger partial charge < -0.3 is 4.74 Å². The van der Waals surface area contributed by atoms with Gasteiger partial charge in [0.15, 0.2) is 0 Å². The molecule has 0 bridgehead atoms. The van der Waals surface area contributed by atoms with Crippen molar-refractivity contribution in [3.63, 3.8) is 0 Å². The number of carbonyl (C=O) groups excluding carboxylic acids is 1. The Balaban J connectivity index is 3.02. The number of hydrogen-bond acceptors (Lipinski definition) is 2. The van der Waals surface area contributed by atoms with Crippen molar-refractivity contribution in [3.05, 3.63) is 12.7 Å². The maximum Gasteiger partial charge on any atom is 0.330 e. The summed E-state index contributed by atoms with van der Waals surface area (Å²) in [7, 11) is 0. The maximum atomic E-state index is 10.9. The third-order valence-corrected chi connectivity index (χ3v) is 6.16. The van der Waals surface area contributed by atoms with Crippen molar-refractivity contribution in [2.24, 2.45) is 0 Å². The van der Waals surface area contributed by atoms with E-state index in [1.54, 1.807) is 0 Å². The zero-order valence-corrected chi connectivity index (χ0v) is 20.6. The van der Waals surface area contributed by atoms with E-state index in [-0.39, 0.29) is 5.97 Å². The first kappa shape index (κ1) is 29.2. The minimum absolute atomic E-state index is 0.297. The van der Waals surface area contributed by atoms with Crippen LogP contribution in [0.1, 0.15) is 155 Å². The summed E-state index contributed by atoms with van der Waals surface area (Å²) in [4.78, 5) is 10.9. The molecule has 0 rings (SSSR count). The van der Waals surface area contributed by atoms with Crippen molar-refractivity contribution < 1.29 is 9.53 Å². The molecule has 0 aromatic rings. The van der Waals surface area contributed by atoms with Crippen LogP contribution in [0, 0.1) is 0 Å². The van der Waals surface area contributed by atoms with Crippen LogP contribution in [0.3, 0.4) is 0 Å². The smallest absolute Gasteiger partial charge is 0.330 e. The molecule has 0 aliphatic carbocycles. The average molecular weight is 423 g/mol. The summed E-state index contributed by atoms with van der Waals surface area (Å²) < 4.78 is 4.98. The number of hydrogen-bond donors (Lipinski definition) is 0. The Hall–Kier alpha value is -0.790. The monoisotopic (exact) mass is 422 g/mol. The Kier molecular flexibility index (Phi) is 25.6. The molecule has 0 amide bonds. The Bertz CT molecular complexity index is 351. The molecule has 0 heterocycles. The molecule has 2 heteroatoms. The summed E-state index contributed by atoms with van der Waals surface area (Å²) in [6.45, 7) is 6.24. The third kappa shape index (κ3) is 25.2. The van der Waals surface area contributed by atoms with E-state index >= 15 is 0 Å². The number of unbranched alkanes of at least 4 members (excludes halogenated alkanes) is 22. The van der Waals surface area contributed by atoms with Crippen LogP contribution in [0.5, 0.6) is 0 Å². The molecule has 0 saturated heterocycles. The number of esters is 1. The van der Waals surface area contributed by atoms with Crippen LogP contribution < -0.4 is 0 Å². The second-order valence-electron chi connectivity index (χ2n) is 9.15. The predicted molar refractivity (Wildman–Crippen MR) is 133 cm³/mol. The maximum absolute atomic E-state index is 10.9. The molecule has 0 aromatic carbocycles. The number of rotatable bonds is 25. The van der Waals surface area contributed by atoms with Gasteiger partial charge in [-0.15, -0.1) is 0 Å². The van der Waals surface area contributed by atoms with E-state index in [2.05, 4.69) is 13.5 Å². The van der Waals surface area contributed by atoms with Gasteiger partial charge in [-0.05, 0) is 6.42 Å². The van der Waals surface area contributed by atoms with Crippen LogP contribution in [0.4, 0.5) is 0 Å². The molecule has 0 fully saturated rings. The molecule has 0 N–H and O–H groups in total. The van der Waals surface area contributed by atoms with Crippen LogP contribution in [0.25, 0.3) is 0 Å². The molecular formula is C28H54O2. The molecule has 0 aliphatic rings. The number of carbonyl (C=O) groups is 1. The largest absolute Gasteiger partial charge is 0.463 e. The van der Waals surface area contributed by atoms with Gasteiger partial charge in [-0.3, -0.25) is 0 Å². The van der Waals surface area contributed by atoms with Crippen molar-refractivity contribution in [2.45, 2.75) is 155 Å². The highest BCUT2D eigenvalue weighted by Gasteiger charge is 1.97. The summed E-state index contributed by atoms with van der Waals surface area (Å²) in [6, 6.07) is 0. The summed E-state index contributed by atoms with van der Waals surface area (Å²) in [5.41, 5.74) is 0. The van der Waals surface area contributed by atoms with E-state index < -0.39 is 0 Å². The lowest BCUT2D eigenvalue weighted by Crippen LogP contribution is -2.01. The molecule has 0 aromatic heterocycles. The SMILES string of the molecule is C=CC(=O)OCCCCCCCCCCCCCCCCCCCCCCCCC. The fourth-order valence-electron chi connectivity index (χ4n) is 4.12. The van der Waals surface area contributed by atoms with Crippen LogP contribution in [-0.2, 0) is 9.53 Å². The van der Waals surface area contributed by atoms with Gasteiger partial charge in [0, 0.05) is 6.08 Å². The van der Waals surface area contributed by atoms with Gasteiger partial charge in [0.05, 0.1) is 6.61 Å². The van der Waals surface area contributed by atoms with Crippen LogP contribution in [0.15, 0.2) is 12.7 Å². The predicted octanol–water partition coefficient (Wildman–Crippen LogP) is 9.71. The molecule has 0 aliphatic heterocycles. The highest BCUT2D eigenvalue weighted by molar-refractivity contribution is 5.81. The highest BCUT2D eigenvalue weighted by atomic mass is 16.5. The highest BCUT2D eigenvalue weighted by Crippen LogP contribution is 2.15. The van der Waals surface area contributed by atoms with Gasteiger partial charge in [0.25, 0.3) is 0 Å².